The number of nitrogens with one attached hydrogen (secondary N) is 3. The van der Waals surface area contributed by atoms with Crippen LogP contribution in [-0.4, -0.2) is 25.8 Å². The lowest BCUT2D eigenvalue weighted by Gasteiger charge is -2.21. The van der Waals surface area contributed by atoms with E-state index in [4.69, 9.17) is 39.8 Å². The van der Waals surface area contributed by atoms with Crippen molar-refractivity contribution < 1.29 is 9.32 Å². The molecule has 0 amide bonds. The lowest BCUT2D eigenvalue weighted by atomic mass is 10.2. The lowest BCUT2D eigenvalue weighted by Crippen LogP contribution is -3.07. The van der Waals surface area contributed by atoms with Gasteiger partial charge in [-0.3, -0.25) is 0 Å². The van der Waals surface area contributed by atoms with Gasteiger partial charge in [-0.1, -0.05) is 23.2 Å². The molecule has 2 rings (SSSR count). The van der Waals surface area contributed by atoms with Crippen molar-refractivity contribution in [2.45, 2.75) is 6.04 Å². The quantitative estimate of drug-likeness (QED) is 0.719. The summed E-state index contributed by atoms with van der Waals surface area (Å²) in [5.74, 6) is 0.918. The Hall–Kier alpha value is -1.27. The summed E-state index contributed by atoms with van der Waals surface area (Å²) in [5, 5.41) is 7.90. The van der Waals surface area contributed by atoms with Gasteiger partial charge in [0.25, 0.3) is 0 Å². The lowest BCUT2D eigenvalue weighted by molar-refractivity contribution is -0.891. The summed E-state index contributed by atoms with van der Waals surface area (Å²) in [4.78, 5) is 1.25. The maximum atomic E-state index is 5.97. The zero-order valence-electron chi connectivity index (χ0n) is 12.3. The first-order valence-electron chi connectivity index (χ1n) is 6.80. The highest BCUT2D eigenvalue weighted by Gasteiger charge is 2.20. The van der Waals surface area contributed by atoms with E-state index >= 15 is 0 Å². The average Bonchev–Trinajstić information content (AvgIpc) is 2.91. The van der Waals surface area contributed by atoms with E-state index in [9.17, 15) is 0 Å². The molecule has 0 aliphatic rings. The molecule has 2 aromatic rings. The molecule has 0 spiro atoms. The number of likely N-dealkylation sites (N-methyl/N-ethyl adjacent to an activating group) is 1. The third-order valence-electron chi connectivity index (χ3n) is 3.17. The molecule has 22 heavy (non-hydrogen) atoms. The predicted molar refractivity (Wildman–Crippen MR) is 94.9 cm³/mol. The van der Waals surface area contributed by atoms with Crippen molar-refractivity contribution >= 4 is 46.2 Å². The maximum absolute atomic E-state index is 5.97. The van der Waals surface area contributed by atoms with Crippen LogP contribution < -0.4 is 15.5 Å². The largest absolute Gasteiger partial charge is 0.463 e. The standard InChI is InChI=1S/C15H17Cl2N3OS/c1-20(2)13(14-4-3-5-21-14)9-18-15(22)19-12-7-10(16)6-11(17)8-12/h3-8,13H,9H2,1-2H3,(H2,18,19,22)/p+1/t13-/m1/s1. The number of benzene rings is 1. The first-order chi connectivity index (χ1) is 10.5. The minimum absolute atomic E-state index is 0.165. The summed E-state index contributed by atoms with van der Waals surface area (Å²) in [6, 6.07) is 9.22. The molecule has 118 valence electrons. The van der Waals surface area contributed by atoms with E-state index in [0.29, 0.717) is 21.7 Å². The molecule has 0 fully saturated rings. The van der Waals surface area contributed by atoms with Crippen molar-refractivity contribution in [2.24, 2.45) is 0 Å². The summed E-state index contributed by atoms with van der Waals surface area (Å²) in [5.41, 5.74) is 0.752. The number of hydrogen-bond acceptors (Lipinski definition) is 2. The second-order valence-electron chi connectivity index (χ2n) is 5.14. The van der Waals surface area contributed by atoms with Crippen LogP contribution in [0.2, 0.25) is 10.0 Å². The van der Waals surface area contributed by atoms with Gasteiger partial charge in [-0.2, -0.15) is 0 Å². The van der Waals surface area contributed by atoms with Gasteiger partial charge in [-0.05, 0) is 42.5 Å². The first-order valence-corrected chi connectivity index (χ1v) is 7.96. The zero-order chi connectivity index (χ0) is 16.1. The van der Waals surface area contributed by atoms with Gasteiger partial charge >= 0.3 is 0 Å². The molecule has 0 aliphatic carbocycles. The molecule has 0 unspecified atom stereocenters. The number of furan rings is 1. The van der Waals surface area contributed by atoms with E-state index in [0.717, 1.165) is 11.4 Å². The van der Waals surface area contributed by atoms with Gasteiger partial charge in [0, 0.05) is 15.7 Å². The summed E-state index contributed by atoms with van der Waals surface area (Å²) in [6.07, 6.45) is 1.68. The van der Waals surface area contributed by atoms with Crippen LogP contribution in [0.1, 0.15) is 11.8 Å². The molecule has 0 bridgehead atoms. The predicted octanol–water partition coefficient (Wildman–Crippen LogP) is 2.76. The average molecular weight is 359 g/mol. The maximum Gasteiger partial charge on any atom is 0.171 e. The van der Waals surface area contributed by atoms with Gasteiger partial charge in [-0.25, -0.2) is 0 Å². The number of halogens is 2. The second-order valence-corrected chi connectivity index (χ2v) is 6.42. The fraction of sp³-hybridized carbons (Fsp3) is 0.267. The highest BCUT2D eigenvalue weighted by molar-refractivity contribution is 7.80. The van der Waals surface area contributed by atoms with E-state index in [-0.39, 0.29) is 6.04 Å². The molecule has 7 heteroatoms. The highest BCUT2D eigenvalue weighted by Crippen LogP contribution is 2.22. The molecular formula is C15H18Cl2N3OS+. The zero-order valence-corrected chi connectivity index (χ0v) is 14.6. The van der Waals surface area contributed by atoms with Crippen LogP contribution in [0.4, 0.5) is 5.69 Å². The van der Waals surface area contributed by atoms with Gasteiger partial charge < -0.3 is 20.0 Å². The van der Waals surface area contributed by atoms with Crippen molar-refractivity contribution in [3.8, 4) is 0 Å². The van der Waals surface area contributed by atoms with Crippen molar-refractivity contribution in [3.63, 3.8) is 0 Å². The van der Waals surface area contributed by atoms with Gasteiger partial charge in [0.2, 0.25) is 0 Å². The smallest absolute Gasteiger partial charge is 0.171 e. The molecular weight excluding hydrogens is 341 g/mol. The third kappa shape index (κ3) is 4.88. The molecule has 0 saturated heterocycles. The molecule has 3 N–H and O–H groups in total. The molecule has 4 nitrogen and oxygen atoms in total. The first kappa shape index (κ1) is 17.1. The Labute approximate surface area is 145 Å². The molecule has 1 aromatic heterocycles. The number of quaternary nitrogens is 1. The van der Waals surface area contributed by atoms with Crippen LogP contribution in [0, 0.1) is 0 Å². The molecule has 0 aliphatic heterocycles. The monoisotopic (exact) mass is 358 g/mol. The normalized spacial score (nSPS) is 12.2. The summed E-state index contributed by atoms with van der Waals surface area (Å²) < 4.78 is 5.48. The Morgan fingerprint density at radius 1 is 1.27 bits per heavy atom. The van der Waals surface area contributed by atoms with E-state index in [1.807, 2.05) is 12.1 Å². The van der Waals surface area contributed by atoms with Crippen LogP contribution in [0.5, 0.6) is 0 Å². The Kier molecular flexibility index (Phi) is 6.08. The molecule has 1 atom stereocenters. The van der Waals surface area contributed by atoms with Gasteiger partial charge in [-0.15, -0.1) is 0 Å². The third-order valence-corrected chi connectivity index (χ3v) is 3.85. The number of thiocarbonyl (C=S) groups is 1. The highest BCUT2D eigenvalue weighted by atomic mass is 35.5. The van der Waals surface area contributed by atoms with E-state index in [1.165, 1.54) is 4.90 Å². The van der Waals surface area contributed by atoms with Gasteiger partial charge in [0.05, 0.1) is 26.9 Å². The Morgan fingerprint density at radius 2 is 1.95 bits per heavy atom. The fourth-order valence-corrected chi connectivity index (χ4v) is 2.80. The summed E-state index contributed by atoms with van der Waals surface area (Å²) in [7, 11) is 4.14. The number of rotatable bonds is 5. The summed E-state index contributed by atoms with van der Waals surface area (Å²) in [6.45, 7) is 0.649. The van der Waals surface area contributed by atoms with Crippen LogP contribution in [-0.2, 0) is 0 Å². The Balaban J connectivity index is 1.94. The van der Waals surface area contributed by atoms with Crippen molar-refractivity contribution in [1.82, 2.24) is 5.32 Å². The van der Waals surface area contributed by atoms with Gasteiger partial charge in [0.1, 0.15) is 0 Å². The van der Waals surface area contributed by atoms with Crippen molar-refractivity contribution in [2.75, 3.05) is 26.0 Å². The molecule has 0 radical (unpaired) electrons. The Bertz CT molecular complexity index is 611. The van der Waals surface area contributed by atoms with Crippen LogP contribution in [0.3, 0.4) is 0 Å². The Morgan fingerprint density at radius 3 is 2.50 bits per heavy atom. The number of hydrogen-bond donors (Lipinski definition) is 3. The van der Waals surface area contributed by atoms with Crippen molar-refractivity contribution in [3.05, 3.63) is 52.4 Å². The summed E-state index contributed by atoms with van der Waals surface area (Å²) >= 11 is 17.2. The minimum atomic E-state index is 0.165. The topological polar surface area (TPSA) is 41.6 Å². The van der Waals surface area contributed by atoms with E-state index in [2.05, 4.69) is 24.7 Å². The molecule has 1 aromatic carbocycles. The molecule has 0 saturated carbocycles. The molecule has 1 heterocycles. The van der Waals surface area contributed by atoms with Crippen LogP contribution >= 0.6 is 35.4 Å². The van der Waals surface area contributed by atoms with Crippen LogP contribution in [0.15, 0.2) is 41.0 Å². The van der Waals surface area contributed by atoms with E-state index < -0.39 is 0 Å². The van der Waals surface area contributed by atoms with Crippen LogP contribution in [0.25, 0.3) is 0 Å². The fourth-order valence-electron chi connectivity index (χ4n) is 2.07. The van der Waals surface area contributed by atoms with Crippen molar-refractivity contribution in [1.29, 1.82) is 0 Å². The number of anilines is 1. The SMILES string of the molecule is C[NH+](C)[C@H](CNC(=S)Nc1cc(Cl)cc(Cl)c1)c1ccco1. The van der Waals surface area contributed by atoms with Gasteiger partial charge in [0.15, 0.2) is 16.9 Å². The van der Waals surface area contributed by atoms with E-state index in [1.54, 1.807) is 24.5 Å². The second kappa shape index (κ2) is 7.83. The minimum Gasteiger partial charge on any atom is -0.463 e.